The molecule has 0 aliphatic carbocycles. The molecule has 2 rings (SSSR count). The second kappa shape index (κ2) is 4.24. The summed E-state index contributed by atoms with van der Waals surface area (Å²) >= 11 is 0. The van der Waals surface area contributed by atoms with Gasteiger partial charge in [-0.2, -0.15) is 0 Å². The van der Waals surface area contributed by atoms with Crippen molar-refractivity contribution in [1.82, 2.24) is 4.90 Å². The molecule has 0 radical (unpaired) electrons. The molecule has 0 aromatic heterocycles. The fraction of sp³-hybridized carbons (Fsp3) is 0.917. The standard InChI is InChI=1S/C12H23N3O/c1-12(2,3)10-7-14-11(13)15(10)8-9-5-4-6-16-9/h9-10H,4-8H2,1-3H3,(H2,13,14). The smallest absolute Gasteiger partial charge is 0.191 e. The average molecular weight is 225 g/mol. The second-order valence-electron chi connectivity index (χ2n) is 5.87. The molecule has 0 bridgehead atoms. The Kier molecular flexibility index (Phi) is 3.10. The third-order valence-corrected chi connectivity index (χ3v) is 3.52. The van der Waals surface area contributed by atoms with Gasteiger partial charge in [0.05, 0.1) is 18.7 Å². The van der Waals surface area contributed by atoms with E-state index in [1.54, 1.807) is 0 Å². The summed E-state index contributed by atoms with van der Waals surface area (Å²) in [6.07, 6.45) is 2.67. The van der Waals surface area contributed by atoms with Gasteiger partial charge in [0.2, 0.25) is 0 Å². The zero-order chi connectivity index (χ0) is 11.8. The first-order valence-corrected chi connectivity index (χ1v) is 6.16. The molecule has 0 aromatic rings. The van der Waals surface area contributed by atoms with E-state index in [0.717, 1.165) is 26.1 Å². The van der Waals surface area contributed by atoms with Crippen LogP contribution < -0.4 is 5.73 Å². The number of nitrogens with zero attached hydrogens (tertiary/aromatic N) is 2. The summed E-state index contributed by atoms with van der Waals surface area (Å²) in [5.41, 5.74) is 6.18. The van der Waals surface area contributed by atoms with Crippen molar-refractivity contribution in [2.45, 2.75) is 45.8 Å². The largest absolute Gasteiger partial charge is 0.376 e. The van der Waals surface area contributed by atoms with E-state index in [2.05, 4.69) is 30.7 Å². The molecule has 1 saturated heterocycles. The van der Waals surface area contributed by atoms with E-state index >= 15 is 0 Å². The first-order valence-electron chi connectivity index (χ1n) is 6.16. The SMILES string of the molecule is CC(C)(C)C1CN=C(N)N1CC1CCCO1. The van der Waals surface area contributed by atoms with E-state index in [4.69, 9.17) is 10.5 Å². The Balaban J connectivity index is 2.01. The van der Waals surface area contributed by atoms with Crippen LogP contribution in [0.3, 0.4) is 0 Å². The number of hydrogen-bond acceptors (Lipinski definition) is 4. The molecule has 2 unspecified atom stereocenters. The lowest BCUT2D eigenvalue weighted by molar-refractivity contribution is 0.0701. The Morgan fingerprint density at radius 3 is 2.81 bits per heavy atom. The molecule has 0 spiro atoms. The Labute approximate surface area is 97.9 Å². The molecule has 2 aliphatic heterocycles. The number of rotatable bonds is 2. The lowest BCUT2D eigenvalue weighted by Gasteiger charge is -2.36. The highest BCUT2D eigenvalue weighted by molar-refractivity contribution is 5.80. The van der Waals surface area contributed by atoms with Crippen molar-refractivity contribution < 1.29 is 4.74 Å². The average Bonchev–Trinajstić information content (AvgIpc) is 2.76. The second-order valence-corrected chi connectivity index (χ2v) is 5.87. The normalized spacial score (nSPS) is 30.9. The van der Waals surface area contributed by atoms with Gasteiger partial charge in [0, 0.05) is 13.2 Å². The molecule has 2 atom stereocenters. The maximum absolute atomic E-state index is 5.96. The van der Waals surface area contributed by atoms with Crippen molar-refractivity contribution in [3.05, 3.63) is 0 Å². The highest BCUT2D eigenvalue weighted by Crippen LogP contribution is 2.29. The van der Waals surface area contributed by atoms with Crippen LogP contribution in [-0.4, -0.2) is 42.7 Å². The van der Waals surface area contributed by atoms with Crippen molar-refractivity contribution in [2.24, 2.45) is 16.1 Å². The number of hydrogen-bond donors (Lipinski definition) is 1. The van der Waals surface area contributed by atoms with Gasteiger partial charge >= 0.3 is 0 Å². The minimum Gasteiger partial charge on any atom is -0.376 e. The highest BCUT2D eigenvalue weighted by Gasteiger charge is 2.36. The van der Waals surface area contributed by atoms with E-state index in [-0.39, 0.29) is 5.41 Å². The van der Waals surface area contributed by atoms with Crippen molar-refractivity contribution in [3.63, 3.8) is 0 Å². The summed E-state index contributed by atoms with van der Waals surface area (Å²) < 4.78 is 5.67. The molecule has 16 heavy (non-hydrogen) atoms. The van der Waals surface area contributed by atoms with Crippen LogP contribution in [0.25, 0.3) is 0 Å². The van der Waals surface area contributed by atoms with Crippen molar-refractivity contribution in [3.8, 4) is 0 Å². The maximum atomic E-state index is 5.96. The zero-order valence-corrected chi connectivity index (χ0v) is 10.6. The highest BCUT2D eigenvalue weighted by atomic mass is 16.5. The first kappa shape index (κ1) is 11.7. The van der Waals surface area contributed by atoms with E-state index in [1.807, 2.05) is 0 Å². The van der Waals surface area contributed by atoms with Crippen LogP contribution in [0.5, 0.6) is 0 Å². The van der Waals surface area contributed by atoms with Gasteiger partial charge in [0.25, 0.3) is 0 Å². The van der Waals surface area contributed by atoms with Gasteiger partial charge in [0.1, 0.15) is 0 Å². The predicted octanol–water partition coefficient (Wildman–Crippen LogP) is 1.21. The molecule has 2 N–H and O–H groups in total. The third kappa shape index (κ3) is 2.32. The molecular formula is C12H23N3O. The van der Waals surface area contributed by atoms with Crippen LogP contribution in [-0.2, 0) is 4.74 Å². The maximum Gasteiger partial charge on any atom is 0.191 e. The van der Waals surface area contributed by atoms with Gasteiger partial charge in [-0.1, -0.05) is 20.8 Å². The minimum absolute atomic E-state index is 0.212. The van der Waals surface area contributed by atoms with Crippen LogP contribution in [0, 0.1) is 5.41 Å². The zero-order valence-electron chi connectivity index (χ0n) is 10.6. The molecule has 2 aliphatic rings. The minimum atomic E-state index is 0.212. The Bertz CT molecular complexity index is 276. The molecule has 4 nitrogen and oxygen atoms in total. The summed E-state index contributed by atoms with van der Waals surface area (Å²) in [6.45, 7) is 9.35. The van der Waals surface area contributed by atoms with Gasteiger partial charge in [-0.05, 0) is 18.3 Å². The fourth-order valence-corrected chi connectivity index (χ4v) is 2.50. The van der Waals surface area contributed by atoms with Gasteiger partial charge in [-0.3, -0.25) is 4.99 Å². The van der Waals surface area contributed by atoms with Crippen LogP contribution in [0.1, 0.15) is 33.6 Å². The summed E-state index contributed by atoms with van der Waals surface area (Å²) in [5.74, 6) is 0.690. The van der Waals surface area contributed by atoms with Crippen molar-refractivity contribution >= 4 is 5.96 Å². The lowest BCUT2D eigenvalue weighted by Crippen LogP contribution is -2.50. The first-order chi connectivity index (χ1) is 7.48. The van der Waals surface area contributed by atoms with Gasteiger partial charge < -0.3 is 15.4 Å². The number of ether oxygens (including phenoxy) is 1. The van der Waals surface area contributed by atoms with E-state index < -0.39 is 0 Å². The number of guanidine groups is 1. The predicted molar refractivity (Wildman–Crippen MR) is 65.4 cm³/mol. The van der Waals surface area contributed by atoms with Crippen LogP contribution in [0.15, 0.2) is 4.99 Å². The lowest BCUT2D eigenvalue weighted by atomic mass is 9.86. The Hall–Kier alpha value is -0.770. The number of aliphatic imine (C=N–C) groups is 1. The van der Waals surface area contributed by atoms with Crippen molar-refractivity contribution in [2.75, 3.05) is 19.7 Å². The molecule has 0 saturated carbocycles. The number of nitrogens with two attached hydrogens (primary N) is 1. The molecule has 2 heterocycles. The molecule has 0 aromatic carbocycles. The van der Waals surface area contributed by atoms with E-state index in [0.29, 0.717) is 18.1 Å². The Morgan fingerprint density at radius 1 is 1.50 bits per heavy atom. The summed E-state index contributed by atoms with van der Waals surface area (Å²) in [7, 11) is 0. The quantitative estimate of drug-likeness (QED) is 0.768. The fourth-order valence-electron chi connectivity index (χ4n) is 2.50. The Morgan fingerprint density at radius 2 is 2.25 bits per heavy atom. The van der Waals surface area contributed by atoms with Crippen LogP contribution in [0.4, 0.5) is 0 Å². The summed E-state index contributed by atoms with van der Waals surface area (Å²) in [4.78, 5) is 6.60. The van der Waals surface area contributed by atoms with Gasteiger partial charge in [-0.25, -0.2) is 0 Å². The summed E-state index contributed by atoms with van der Waals surface area (Å²) in [5, 5.41) is 0. The molecule has 4 heteroatoms. The third-order valence-electron chi connectivity index (χ3n) is 3.52. The molecule has 92 valence electrons. The van der Waals surface area contributed by atoms with Crippen LogP contribution in [0.2, 0.25) is 0 Å². The van der Waals surface area contributed by atoms with Gasteiger partial charge in [-0.15, -0.1) is 0 Å². The topological polar surface area (TPSA) is 50.8 Å². The molecule has 0 amide bonds. The van der Waals surface area contributed by atoms with E-state index in [9.17, 15) is 0 Å². The summed E-state index contributed by atoms with van der Waals surface area (Å²) in [6, 6.07) is 0.414. The molecule has 1 fully saturated rings. The molecular weight excluding hydrogens is 202 g/mol. The van der Waals surface area contributed by atoms with Gasteiger partial charge in [0.15, 0.2) is 5.96 Å². The van der Waals surface area contributed by atoms with E-state index in [1.165, 1.54) is 6.42 Å². The monoisotopic (exact) mass is 225 g/mol. The van der Waals surface area contributed by atoms with Crippen molar-refractivity contribution in [1.29, 1.82) is 0 Å². The van der Waals surface area contributed by atoms with Crippen LogP contribution >= 0.6 is 0 Å².